The predicted molar refractivity (Wildman–Crippen MR) is 254 cm³/mol. The lowest BCUT2D eigenvalue weighted by molar-refractivity contribution is -0.150. The van der Waals surface area contributed by atoms with Crippen LogP contribution in [0.1, 0.15) is 117 Å². The maximum absolute atomic E-state index is 13.9. The van der Waals surface area contributed by atoms with Crippen LogP contribution in [-0.4, -0.2) is 161 Å². The number of ether oxygens (including phenoxy) is 3. The molecule has 4 saturated heterocycles. The molecule has 17 nitrogen and oxygen atoms in total. The normalized spacial score (nSPS) is 21.6. The van der Waals surface area contributed by atoms with Crippen LogP contribution < -0.4 is 5.48 Å². The van der Waals surface area contributed by atoms with Crippen molar-refractivity contribution in [1.82, 2.24) is 35.0 Å². The van der Waals surface area contributed by atoms with Gasteiger partial charge in [-0.25, -0.2) is 23.9 Å². The lowest BCUT2D eigenvalue weighted by Gasteiger charge is -2.43. The van der Waals surface area contributed by atoms with Crippen molar-refractivity contribution in [2.24, 2.45) is 16.0 Å². The quantitative estimate of drug-likeness (QED) is 0.204. The molecule has 2 N–H and O–H groups in total. The highest BCUT2D eigenvalue weighted by Crippen LogP contribution is 2.40. The zero-order valence-electron chi connectivity index (χ0n) is 41.7. The van der Waals surface area contributed by atoms with Gasteiger partial charge in [0.1, 0.15) is 35.5 Å². The number of aliphatic hydroxyl groups excluding tert-OH is 1. The molecule has 3 amide bonds. The van der Waals surface area contributed by atoms with Crippen molar-refractivity contribution in [2.75, 3.05) is 78.7 Å². The number of oxime groups is 1. The first-order chi connectivity index (χ1) is 32.8. The second-order valence-corrected chi connectivity index (χ2v) is 21.4. The fourth-order valence-corrected chi connectivity index (χ4v) is 9.66. The summed E-state index contributed by atoms with van der Waals surface area (Å²) in [5.74, 6) is -0.643. The number of aliphatic hydroxyl groups is 1. The number of β-amino-alcohol motifs (C(OH)–C–C–N with tert-alkyl or cyclic N) is 1. The summed E-state index contributed by atoms with van der Waals surface area (Å²) in [5.41, 5.74) is 1.30. The van der Waals surface area contributed by atoms with E-state index in [9.17, 15) is 28.3 Å². The van der Waals surface area contributed by atoms with E-state index in [4.69, 9.17) is 23.9 Å². The van der Waals surface area contributed by atoms with E-state index in [1.807, 2.05) is 20.8 Å². The number of amides is 3. The first-order valence-corrected chi connectivity index (χ1v) is 24.9. The molecule has 4 fully saturated rings. The number of pyridine rings is 2. The first kappa shape index (κ1) is 53.6. The van der Waals surface area contributed by atoms with Gasteiger partial charge in [0, 0.05) is 51.7 Å². The predicted octanol–water partition coefficient (Wildman–Crippen LogP) is 6.67. The van der Waals surface area contributed by atoms with E-state index in [1.54, 1.807) is 43.0 Å². The second kappa shape index (κ2) is 24.4. The molecule has 0 unspecified atom stereocenters. The Morgan fingerprint density at radius 2 is 1.25 bits per heavy atom. The second-order valence-electron chi connectivity index (χ2n) is 21.4. The Labute approximate surface area is 406 Å². The minimum atomic E-state index is -0.911. The van der Waals surface area contributed by atoms with Crippen LogP contribution in [0, 0.1) is 22.5 Å². The summed E-state index contributed by atoms with van der Waals surface area (Å²) in [6, 6.07) is 2.87. The number of hydroxylamine groups is 1. The van der Waals surface area contributed by atoms with Gasteiger partial charge in [-0.3, -0.25) is 24.5 Å². The highest BCUT2D eigenvalue weighted by molar-refractivity contribution is 5.84. The van der Waals surface area contributed by atoms with Crippen molar-refractivity contribution in [3.63, 3.8) is 0 Å². The van der Waals surface area contributed by atoms with Crippen LogP contribution in [-0.2, 0) is 41.5 Å². The van der Waals surface area contributed by atoms with Gasteiger partial charge >= 0.3 is 12.2 Å². The molecule has 0 bridgehead atoms. The van der Waals surface area contributed by atoms with E-state index in [1.165, 1.54) is 44.0 Å². The Morgan fingerprint density at radius 1 is 0.739 bits per heavy atom. The van der Waals surface area contributed by atoms with Crippen molar-refractivity contribution >= 4 is 24.0 Å². The number of carbonyl (C=O) groups is 3. The minimum absolute atomic E-state index is 0.0239. The number of carbonyl (C=O) groups excluding carboxylic acids is 3. The third kappa shape index (κ3) is 16.7. The van der Waals surface area contributed by atoms with E-state index >= 15 is 0 Å². The number of piperidine rings is 4. The molecule has 5 aliphatic rings. The molecule has 0 spiro atoms. The molecular formula is C50H76F2N8O9. The van der Waals surface area contributed by atoms with Gasteiger partial charge in [-0.2, -0.15) is 0 Å². The summed E-state index contributed by atoms with van der Waals surface area (Å²) in [6.45, 7) is 18.4. The van der Waals surface area contributed by atoms with E-state index in [0.717, 1.165) is 57.3 Å². The van der Waals surface area contributed by atoms with Crippen LogP contribution in [0.3, 0.4) is 0 Å². The molecule has 7 rings (SSSR count). The fourth-order valence-electron chi connectivity index (χ4n) is 9.66. The van der Waals surface area contributed by atoms with Crippen LogP contribution in [0.4, 0.5) is 18.4 Å². The number of rotatable bonds is 13. The molecule has 0 radical (unpaired) electrons. The zero-order valence-corrected chi connectivity index (χ0v) is 41.7. The van der Waals surface area contributed by atoms with Gasteiger partial charge in [-0.05, 0) is 155 Å². The smallest absolute Gasteiger partial charge is 0.410 e. The summed E-state index contributed by atoms with van der Waals surface area (Å²) >= 11 is 0. The molecule has 0 aromatic carbocycles. The molecule has 0 aliphatic carbocycles. The first-order valence-electron chi connectivity index (χ1n) is 24.9. The summed E-state index contributed by atoms with van der Waals surface area (Å²) < 4.78 is 45.2. The van der Waals surface area contributed by atoms with E-state index < -0.39 is 40.0 Å². The van der Waals surface area contributed by atoms with Gasteiger partial charge < -0.3 is 38.9 Å². The van der Waals surface area contributed by atoms with Gasteiger partial charge in [0.05, 0.1) is 29.3 Å². The Bertz CT molecular complexity index is 2010. The Balaban J connectivity index is 0.000000227. The highest BCUT2D eigenvalue weighted by atomic mass is 19.1. The average molecular weight is 971 g/mol. The van der Waals surface area contributed by atoms with Gasteiger partial charge in [0.2, 0.25) is 11.8 Å². The molecule has 5 aliphatic heterocycles. The summed E-state index contributed by atoms with van der Waals surface area (Å²) in [7, 11) is 0. The third-order valence-corrected chi connectivity index (χ3v) is 13.2. The molecule has 2 aromatic rings. The lowest BCUT2D eigenvalue weighted by Crippen LogP contribution is -2.52. The Kier molecular flexibility index (Phi) is 19.0. The van der Waals surface area contributed by atoms with Crippen LogP contribution in [0.5, 0.6) is 0 Å². The van der Waals surface area contributed by atoms with Crippen molar-refractivity contribution in [3.8, 4) is 0 Å². The summed E-state index contributed by atoms with van der Waals surface area (Å²) in [6.07, 6.45) is 13.9. The fraction of sp³-hybridized carbons (Fsp3) is 0.720. The summed E-state index contributed by atoms with van der Waals surface area (Å²) in [5, 5.41) is 14.7. The van der Waals surface area contributed by atoms with Crippen LogP contribution >= 0.6 is 0 Å². The Hall–Kier alpha value is -4.72. The number of likely N-dealkylation sites (tertiary alicyclic amines) is 4. The molecule has 19 heteroatoms. The average Bonchev–Trinajstić information content (AvgIpc) is 3.29. The molecular weight excluding hydrogens is 895 g/mol. The molecule has 7 heterocycles. The number of hydrogen-bond acceptors (Lipinski definition) is 14. The molecule has 2 aromatic heterocycles. The van der Waals surface area contributed by atoms with Gasteiger partial charge in [0.15, 0.2) is 6.61 Å². The maximum Gasteiger partial charge on any atom is 0.410 e. The van der Waals surface area contributed by atoms with Gasteiger partial charge in [-0.15, -0.1) is 0 Å². The monoisotopic (exact) mass is 971 g/mol. The SMILES string of the molecule is CC(C)(C)OC(=O)N1CCC(Cc2cncc(F)c2)(C(=O)NOC[C@H](O)CN2CCCCC2)CC1.CC(C)(C)OC(=O)N1CCC(Cc2cncc(F)c2)(C2=NOC[C@@H](CN3CCCCC3)O2)CC1. The van der Waals surface area contributed by atoms with Crippen molar-refractivity contribution in [2.45, 2.75) is 142 Å². The van der Waals surface area contributed by atoms with Gasteiger partial charge in [0.25, 0.3) is 0 Å². The standard InChI is InChI=1S/C25H39FN4O5.C25H37FN4O4/c1-24(2,3)35-23(33)30-11-7-25(8-12-30,14-19-13-20(26)16-27-15-19)22(32)28-34-18-21(31)17-29-9-5-4-6-10-29;1-24(2,3)34-23(31)30-11-7-25(8-12-30,14-19-13-20(26)16-27-15-19)22-28-32-18-21(33-22)17-29-9-5-4-6-10-29/h13,15-16,21,31H,4-12,14,17-18H2,1-3H3,(H,28,32);13,15-16,21H,4-12,14,17-18H2,1-3H3/t2*21-/m11/s1. The van der Waals surface area contributed by atoms with Crippen LogP contribution in [0.2, 0.25) is 0 Å². The lowest BCUT2D eigenvalue weighted by atomic mass is 9.73. The number of nitrogens with one attached hydrogen (secondary N) is 1. The van der Waals surface area contributed by atoms with Crippen LogP contribution in [0.15, 0.2) is 42.1 Å². The van der Waals surface area contributed by atoms with Crippen molar-refractivity contribution in [3.05, 3.63) is 59.7 Å². The molecule has 0 saturated carbocycles. The van der Waals surface area contributed by atoms with Crippen molar-refractivity contribution in [1.29, 1.82) is 0 Å². The van der Waals surface area contributed by atoms with Crippen LogP contribution in [0.25, 0.3) is 0 Å². The number of nitrogens with zero attached hydrogens (tertiary/aromatic N) is 7. The number of aromatic nitrogens is 2. The zero-order chi connectivity index (χ0) is 49.7. The number of halogens is 2. The minimum Gasteiger partial charge on any atom is -0.470 e. The highest BCUT2D eigenvalue weighted by Gasteiger charge is 2.46. The largest absolute Gasteiger partial charge is 0.470 e. The molecule has 69 heavy (non-hydrogen) atoms. The topological polar surface area (TPSA) is 181 Å². The third-order valence-electron chi connectivity index (χ3n) is 13.2. The molecule has 384 valence electrons. The van der Waals surface area contributed by atoms with Gasteiger partial charge in [-0.1, -0.05) is 18.0 Å². The Morgan fingerprint density at radius 3 is 1.77 bits per heavy atom. The van der Waals surface area contributed by atoms with E-state index in [2.05, 4.69) is 30.4 Å². The van der Waals surface area contributed by atoms with E-state index in [0.29, 0.717) is 82.9 Å². The van der Waals surface area contributed by atoms with E-state index in [-0.39, 0.29) is 36.9 Å². The number of hydrogen-bond donors (Lipinski definition) is 2. The maximum atomic E-state index is 13.9. The molecule has 2 atom stereocenters. The summed E-state index contributed by atoms with van der Waals surface area (Å²) in [4.78, 5) is 65.4. The van der Waals surface area contributed by atoms with Crippen molar-refractivity contribution < 1.29 is 52.2 Å².